The van der Waals surface area contributed by atoms with E-state index in [1.165, 1.54) is 0 Å². The third kappa shape index (κ3) is 2.25. The lowest BCUT2D eigenvalue weighted by atomic mass is 10.1. The van der Waals surface area contributed by atoms with Gasteiger partial charge in [0.1, 0.15) is 5.60 Å². The lowest BCUT2D eigenvalue weighted by molar-refractivity contribution is 0.103. The molecular weight excluding hydrogens is 242 g/mol. The van der Waals surface area contributed by atoms with Crippen LogP contribution in [0.1, 0.15) is 26.7 Å². The van der Waals surface area contributed by atoms with E-state index in [1.807, 2.05) is 30.9 Å². The van der Waals surface area contributed by atoms with Gasteiger partial charge in [-0.1, -0.05) is 0 Å². The number of pyridine rings is 1. The Labute approximate surface area is 113 Å². The van der Waals surface area contributed by atoms with Crippen molar-refractivity contribution in [3.63, 3.8) is 0 Å². The summed E-state index contributed by atoms with van der Waals surface area (Å²) in [6, 6.07) is 3.75. The molecule has 2 aliphatic heterocycles. The minimum atomic E-state index is -0.384. The Kier molecular flexibility index (Phi) is 2.84. The van der Waals surface area contributed by atoms with Gasteiger partial charge in [-0.3, -0.25) is 4.90 Å². The number of ether oxygens (including phenoxy) is 1. The predicted molar refractivity (Wildman–Crippen MR) is 72.5 cm³/mol. The second-order valence-corrected chi connectivity index (χ2v) is 5.75. The van der Waals surface area contributed by atoms with E-state index in [9.17, 15) is 4.79 Å². The molecule has 0 aliphatic carbocycles. The van der Waals surface area contributed by atoms with E-state index >= 15 is 0 Å². The van der Waals surface area contributed by atoms with Gasteiger partial charge in [-0.05, 0) is 38.8 Å². The van der Waals surface area contributed by atoms with Gasteiger partial charge >= 0.3 is 6.03 Å². The van der Waals surface area contributed by atoms with Crippen LogP contribution in [0.4, 0.5) is 10.6 Å². The second kappa shape index (κ2) is 4.40. The zero-order valence-electron chi connectivity index (χ0n) is 11.4. The molecule has 0 unspecified atom stereocenters. The molecule has 2 amide bonds. The molecule has 3 rings (SSSR count). The first kappa shape index (κ1) is 12.3. The van der Waals surface area contributed by atoms with Crippen molar-refractivity contribution in [3.8, 4) is 5.75 Å². The average Bonchev–Trinajstić information content (AvgIpc) is 2.89. The molecule has 102 valence electrons. The molecule has 1 fully saturated rings. The highest BCUT2D eigenvalue weighted by molar-refractivity contribution is 5.93. The highest BCUT2D eigenvalue weighted by atomic mass is 16.5. The summed E-state index contributed by atoms with van der Waals surface area (Å²) in [5, 5.41) is 0. The van der Waals surface area contributed by atoms with Crippen LogP contribution in [0, 0.1) is 0 Å². The molecule has 0 spiro atoms. The van der Waals surface area contributed by atoms with Crippen LogP contribution in [0.3, 0.4) is 0 Å². The normalized spacial score (nSPS) is 20.9. The van der Waals surface area contributed by atoms with Gasteiger partial charge in [0.15, 0.2) is 11.6 Å². The summed E-state index contributed by atoms with van der Waals surface area (Å²) in [6.07, 6.45) is 3.88. The molecule has 0 aromatic carbocycles. The maximum absolute atomic E-state index is 12.6. The fourth-order valence-corrected chi connectivity index (χ4v) is 2.69. The molecular formula is C14H19N3O2. The first-order valence-electron chi connectivity index (χ1n) is 6.77. The molecule has 0 radical (unpaired) electrons. The van der Waals surface area contributed by atoms with E-state index in [0.29, 0.717) is 18.1 Å². The van der Waals surface area contributed by atoms with Crippen molar-refractivity contribution in [2.45, 2.75) is 32.3 Å². The van der Waals surface area contributed by atoms with Crippen molar-refractivity contribution in [2.75, 3.05) is 24.5 Å². The number of aromatic nitrogens is 1. The van der Waals surface area contributed by atoms with Crippen molar-refractivity contribution in [1.29, 1.82) is 0 Å². The van der Waals surface area contributed by atoms with Crippen LogP contribution in [-0.2, 0) is 0 Å². The molecule has 1 aromatic rings. The van der Waals surface area contributed by atoms with Crippen LogP contribution >= 0.6 is 0 Å². The van der Waals surface area contributed by atoms with E-state index in [4.69, 9.17) is 4.74 Å². The Morgan fingerprint density at radius 1 is 1.37 bits per heavy atom. The molecule has 0 bridgehead atoms. The van der Waals surface area contributed by atoms with E-state index in [1.54, 1.807) is 11.1 Å². The molecule has 1 saturated heterocycles. The number of hydrogen-bond donors (Lipinski definition) is 0. The Bertz CT molecular complexity index is 495. The Balaban J connectivity index is 1.93. The van der Waals surface area contributed by atoms with E-state index < -0.39 is 0 Å². The van der Waals surface area contributed by atoms with Gasteiger partial charge in [0.25, 0.3) is 0 Å². The summed E-state index contributed by atoms with van der Waals surface area (Å²) in [4.78, 5) is 20.6. The van der Waals surface area contributed by atoms with Crippen molar-refractivity contribution in [3.05, 3.63) is 18.3 Å². The molecule has 5 heteroatoms. The summed E-state index contributed by atoms with van der Waals surface area (Å²) in [5.41, 5.74) is -0.384. The Hall–Kier alpha value is -1.78. The van der Waals surface area contributed by atoms with Crippen molar-refractivity contribution < 1.29 is 9.53 Å². The Morgan fingerprint density at radius 3 is 2.84 bits per heavy atom. The molecule has 2 aliphatic rings. The van der Waals surface area contributed by atoms with Gasteiger partial charge in [-0.15, -0.1) is 0 Å². The SMILES string of the molecule is CC1(C)CN(C(=O)N2CCCC2)c2ncccc2O1. The predicted octanol–water partition coefficient (Wildman–Crippen LogP) is 2.27. The largest absolute Gasteiger partial charge is 0.482 e. The van der Waals surface area contributed by atoms with E-state index in [2.05, 4.69) is 4.98 Å². The van der Waals surface area contributed by atoms with E-state index in [0.717, 1.165) is 25.9 Å². The standard InChI is InChI=1S/C14H19N3O2/c1-14(2)10-17(13(18)16-8-3-4-9-16)12-11(19-14)6-5-7-15-12/h5-7H,3-4,8-10H2,1-2H3. The van der Waals surface area contributed by atoms with Crippen molar-refractivity contribution in [1.82, 2.24) is 9.88 Å². The van der Waals surface area contributed by atoms with Crippen LogP contribution in [-0.4, -0.2) is 41.2 Å². The van der Waals surface area contributed by atoms with Crippen LogP contribution in [0.25, 0.3) is 0 Å². The third-order valence-electron chi connectivity index (χ3n) is 3.54. The van der Waals surface area contributed by atoms with Crippen LogP contribution in [0.2, 0.25) is 0 Å². The maximum atomic E-state index is 12.6. The maximum Gasteiger partial charge on any atom is 0.325 e. The minimum absolute atomic E-state index is 0.0498. The molecule has 19 heavy (non-hydrogen) atoms. The van der Waals surface area contributed by atoms with Crippen LogP contribution < -0.4 is 9.64 Å². The average molecular weight is 261 g/mol. The van der Waals surface area contributed by atoms with Crippen molar-refractivity contribution in [2.24, 2.45) is 0 Å². The summed E-state index contributed by atoms with van der Waals surface area (Å²) in [6.45, 7) is 6.21. The summed E-state index contributed by atoms with van der Waals surface area (Å²) >= 11 is 0. The molecule has 1 aromatic heterocycles. The second-order valence-electron chi connectivity index (χ2n) is 5.75. The monoisotopic (exact) mass is 261 g/mol. The van der Waals surface area contributed by atoms with Gasteiger partial charge in [0.2, 0.25) is 0 Å². The fraction of sp³-hybridized carbons (Fsp3) is 0.571. The lowest BCUT2D eigenvalue weighted by Gasteiger charge is -2.39. The minimum Gasteiger partial charge on any atom is -0.482 e. The Morgan fingerprint density at radius 2 is 2.11 bits per heavy atom. The number of fused-ring (bicyclic) bond motifs is 1. The first-order valence-corrected chi connectivity index (χ1v) is 6.77. The molecule has 3 heterocycles. The number of rotatable bonds is 0. The summed E-state index contributed by atoms with van der Waals surface area (Å²) in [5.74, 6) is 1.32. The van der Waals surface area contributed by atoms with E-state index in [-0.39, 0.29) is 11.6 Å². The van der Waals surface area contributed by atoms with Gasteiger partial charge in [0, 0.05) is 19.3 Å². The number of hydrogen-bond acceptors (Lipinski definition) is 3. The van der Waals surface area contributed by atoms with Gasteiger partial charge < -0.3 is 9.64 Å². The summed E-state index contributed by atoms with van der Waals surface area (Å²) in [7, 11) is 0. The zero-order chi connectivity index (χ0) is 13.5. The first-order chi connectivity index (χ1) is 9.07. The summed E-state index contributed by atoms with van der Waals surface area (Å²) < 4.78 is 5.89. The van der Waals surface area contributed by atoms with Gasteiger partial charge in [-0.25, -0.2) is 9.78 Å². The quantitative estimate of drug-likeness (QED) is 0.719. The number of carbonyl (C=O) groups is 1. The number of nitrogens with zero attached hydrogens (tertiary/aromatic N) is 3. The number of likely N-dealkylation sites (tertiary alicyclic amines) is 1. The van der Waals surface area contributed by atoms with Gasteiger partial charge in [0.05, 0.1) is 6.54 Å². The topological polar surface area (TPSA) is 45.7 Å². The number of amides is 2. The molecule has 0 N–H and O–H groups in total. The fourth-order valence-electron chi connectivity index (χ4n) is 2.69. The lowest BCUT2D eigenvalue weighted by Crippen LogP contribution is -2.53. The smallest absolute Gasteiger partial charge is 0.325 e. The molecule has 0 atom stereocenters. The number of anilines is 1. The van der Waals surface area contributed by atoms with Gasteiger partial charge in [-0.2, -0.15) is 0 Å². The molecule has 0 saturated carbocycles. The van der Waals surface area contributed by atoms with Crippen molar-refractivity contribution >= 4 is 11.8 Å². The highest BCUT2D eigenvalue weighted by Gasteiger charge is 2.37. The highest BCUT2D eigenvalue weighted by Crippen LogP contribution is 2.35. The third-order valence-corrected chi connectivity index (χ3v) is 3.54. The zero-order valence-corrected chi connectivity index (χ0v) is 11.4. The molecule has 5 nitrogen and oxygen atoms in total. The van der Waals surface area contributed by atoms with Crippen LogP contribution in [0.5, 0.6) is 5.75 Å². The number of carbonyl (C=O) groups excluding carboxylic acids is 1. The van der Waals surface area contributed by atoms with Crippen LogP contribution in [0.15, 0.2) is 18.3 Å². The number of urea groups is 1.